The lowest BCUT2D eigenvalue weighted by atomic mass is 10.1. The van der Waals surface area contributed by atoms with Crippen LogP contribution in [0, 0.1) is 5.82 Å². The molecular formula is C19H15ClF4N2O2. The third kappa shape index (κ3) is 4.27. The van der Waals surface area contributed by atoms with E-state index in [-0.39, 0.29) is 37.6 Å². The number of alkyl halides is 3. The van der Waals surface area contributed by atoms with E-state index in [0.717, 1.165) is 6.07 Å². The first-order valence-corrected chi connectivity index (χ1v) is 8.75. The van der Waals surface area contributed by atoms with Gasteiger partial charge in [0.05, 0.1) is 5.56 Å². The summed E-state index contributed by atoms with van der Waals surface area (Å²) in [5.41, 5.74) is -1.27. The van der Waals surface area contributed by atoms with Crippen molar-refractivity contribution >= 4 is 23.4 Å². The van der Waals surface area contributed by atoms with Gasteiger partial charge in [-0.05, 0) is 42.5 Å². The zero-order valence-corrected chi connectivity index (χ0v) is 15.2. The maximum Gasteiger partial charge on any atom is 0.419 e. The molecule has 28 heavy (non-hydrogen) atoms. The van der Waals surface area contributed by atoms with Crippen molar-refractivity contribution in [2.45, 2.75) is 6.18 Å². The van der Waals surface area contributed by atoms with Gasteiger partial charge in [0.15, 0.2) is 0 Å². The quantitative estimate of drug-likeness (QED) is 0.694. The van der Waals surface area contributed by atoms with Crippen LogP contribution in [0.5, 0.6) is 0 Å². The number of rotatable bonds is 2. The Morgan fingerprint density at radius 3 is 1.79 bits per heavy atom. The molecule has 0 radical (unpaired) electrons. The van der Waals surface area contributed by atoms with E-state index in [2.05, 4.69) is 0 Å². The van der Waals surface area contributed by atoms with Crippen molar-refractivity contribution in [2.75, 3.05) is 26.2 Å². The highest BCUT2D eigenvalue weighted by Crippen LogP contribution is 2.32. The van der Waals surface area contributed by atoms with Gasteiger partial charge in [-0.2, -0.15) is 13.2 Å². The molecule has 2 amide bonds. The molecule has 0 saturated carbocycles. The molecule has 1 aliphatic rings. The first kappa shape index (κ1) is 20.1. The summed E-state index contributed by atoms with van der Waals surface area (Å²) in [5, 5.41) is 0.504. The summed E-state index contributed by atoms with van der Waals surface area (Å²) in [6.07, 6.45) is -4.88. The third-order valence-electron chi connectivity index (χ3n) is 4.46. The number of hydrogen-bond donors (Lipinski definition) is 0. The fourth-order valence-electron chi connectivity index (χ4n) is 2.95. The average molecular weight is 415 g/mol. The topological polar surface area (TPSA) is 40.6 Å². The van der Waals surface area contributed by atoms with Gasteiger partial charge in [-0.3, -0.25) is 9.59 Å². The Morgan fingerprint density at radius 1 is 0.821 bits per heavy atom. The van der Waals surface area contributed by atoms with Gasteiger partial charge < -0.3 is 9.80 Å². The molecule has 0 N–H and O–H groups in total. The Labute approximate surface area is 163 Å². The van der Waals surface area contributed by atoms with E-state index < -0.39 is 23.5 Å². The van der Waals surface area contributed by atoms with E-state index in [4.69, 9.17) is 11.6 Å². The van der Waals surface area contributed by atoms with Crippen molar-refractivity contribution in [2.24, 2.45) is 0 Å². The number of halogens is 5. The molecule has 0 aliphatic carbocycles. The van der Waals surface area contributed by atoms with E-state index in [1.807, 2.05) is 0 Å². The number of piperazine rings is 1. The summed E-state index contributed by atoms with van der Waals surface area (Å²) in [4.78, 5) is 27.9. The van der Waals surface area contributed by atoms with Crippen molar-refractivity contribution < 1.29 is 27.2 Å². The summed E-state index contributed by atoms with van der Waals surface area (Å²) in [7, 11) is 0. The Bertz CT molecular complexity index is 892. The number of carbonyl (C=O) groups is 2. The predicted octanol–water partition coefficient (Wildman–Crippen LogP) is 4.10. The maximum atomic E-state index is 13.4. The van der Waals surface area contributed by atoms with Gasteiger partial charge in [-0.1, -0.05) is 11.6 Å². The van der Waals surface area contributed by atoms with Gasteiger partial charge >= 0.3 is 6.18 Å². The van der Waals surface area contributed by atoms with Crippen LogP contribution >= 0.6 is 11.6 Å². The van der Waals surface area contributed by atoms with Crippen LogP contribution < -0.4 is 0 Å². The summed E-state index contributed by atoms with van der Waals surface area (Å²) in [6, 6.07) is 8.57. The molecule has 1 fully saturated rings. The van der Waals surface area contributed by atoms with E-state index in [1.165, 1.54) is 4.90 Å². The van der Waals surface area contributed by atoms with E-state index in [9.17, 15) is 27.2 Å². The molecule has 1 saturated heterocycles. The monoisotopic (exact) mass is 414 g/mol. The van der Waals surface area contributed by atoms with Crippen molar-refractivity contribution in [1.29, 1.82) is 0 Å². The number of nitrogens with zero attached hydrogens (tertiary/aromatic N) is 2. The minimum atomic E-state index is -4.88. The molecule has 148 valence electrons. The predicted molar refractivity (Wildman–Crippen MR) is 94.7 cm³/mol. The Hall–Kier alpha value is -2.61. The number of benzene rings is 2. The van der Waals surface area contributed by atoms with E-state index >= 15 is 0 Å². The minimum Gasteiger partial charge on any atom is -0.335 e. The lowest BCUT2D eigenvalue weighted by molar-refractivity contribution is -0.140. The van der Waals surface area contributed by atoms with Crippen LogP contribution in [0.25, 0.3) is 0 Å². The van der Waals surface area contributed by atoms with Gasteiger partial charge in [0, 0.05) is 42.3 Å². The molecule has 1 heterocycles. The van der Waals surface area contributed by atoms with Crippen LogP contribution in [0.3, 0.4) is 0 Å². The molecule has 2 aromatic carbocycles. The highest BCUT2D eigenvalue weighted by molar-refractivity contribution is 6.30. The lowest BCUT2D eigenvalue weighted by Gasteiger charge is -2.35. The standard InChI is InChI=1S/C19H15ClF4N2O2/c20-14-4-1-12(2-5-14)17(27)25-7-9-26(10-8-25)18(28)13-3-6-16(21)15(11-13)19(22,23)24/h1-6,11H,7-10H2. The van der Waals surface area contributed by atoms with Gasteiger partial charge in [0.25, 0.3) is 11.8 Å². The van der Waals surface area contributed by atoms with Gasteiger partial charge in [0.1, 0.15) is 5.82 Å². The van der Waals surface area contributed by atoms with Crippen LogP contribution in [0.4, 0.5) is 17.6 Å². The van der Waals surface area contributed by atoms with Crippen LogP contribution in [0.1, 0.15) is 26.3 Å². The highest BCUT2D eigenvalue weighted by Gasteiger charge is 2.35. The third-order valence-corrected chi connectivity index (χ3v) is 4.72. The van der Waals surface area contributed by atoms with Gasteiger partial charge in [-0.15, -0.1) is 0 Å². The van der Waals surface area contributed by atoms with Crippen LogP contribution in [0.2, 0.25) is 5.02 Å². The second kappa shape index (κ2) is 7.79. The summed E-state index contributed by atoms with van der Waals surface area (Å²) < 4.78 is 51.9. The largest absolute Gasteiger partial charge is 0.419 e. The fourth-order valence-corrected chi connectivity index (χ4v) is 3.07. The molecule has 0 unspecified atom stereocenters. The minimum absolute atomic E-state index is 0.164. The molecule has 1 aliphatic heterocycles. The highest BCUT2D eigenvalue weighted by atomic mass is 35.5. The molecule has 0 atom stereocenters. The molecule has 0 aromatic heterocycles. The lowest BCUT2D eigenvalue weighted by Crippen LogP contribution is -2.50. The number of amides is 2. The second-order valence-corrected chi connectivity index (χ2v) is 6.72. The van der Waals surface area contributed by atoms with Crippen LogP contribution in [-0.2, 0) is 6.18 Å². The van der Waals surface area contributed by atoms with Gasteiger partial charge in [-0.25, -0.2) is 4.39 Å². The molecule has 0 bridgehead atoms. The second-order valence-electron chi connectivity index (χ2n) is 6.28. The Kier molecular flexibility index (Phi) is 5.60. The van der Waals surface area contributed by atoms with E-state index in [0.29, 0.717) is 22.7 Å². The first-order chi connectivity index (χ1) is 13.2. The number of carbonyl (C=O) groups excluding carboxylic acids is 2. The summed E-state index contributed by atoms with van der Waals surface area (Å²) in [6.45, 7) is 0.800. The zero-order valence-electron chi connectivity index (χ0n) is 14.5. The molecular weight excluding hydrogens is 400 g/mol. The molecule has 9 heteroatoms. The molecule has 0 spiro atoms. The summed E-state index contributed by atoms with van der Waals surface area (Å²) >= 11 is 5.80. The van der Waals surface area contributed by atoms with Crippen molar-refractivity contribution in [3.05, 3.63) is 70.0 Å². The normalized spacial score (nSPS) is 14.9. The van der Waals surface area contributed by atoms with Crippen molar-refractivity contribution in [1.82, 2.24) is 9.80 Å². The fraction of sp³-hybridized carbons (Fsp3) is 0.263. The Balaban J connectivity index is 1.67. The van der Waals surface area contributed by atoms with Gasteiger partial charge in [0.2, 0.25) is 0 Å². The molecule has 3 rings (SSSR count). The SMILES string of the molecule is O=C(c1ccc(Cl)cc1)N1CCN(C(=O)c2ccc(F)c(C(F)(F)F)c2)CC1. The first-order valence-electron chi connectivity index (χ1n) is 8.37. The Morgan fingerprint density at radius 2 is 1.29 bits per heavy atom. The molecule has 4 nitrogen and oxygen atoms in total. The van der Waals surface area contributed by atoms with Crippen LogP contribution in [0.15, 0.2) is 42.5 Å². The van der Waals surface area contributed by atoms with Crippen molar-refractivity contribution in [3.8, 4) is 0 Å². The van der Waals surface area contributed by atoms with Crippen LogP contribution in [-0.4, -0.2) is 47.8 Å². The van der Waals surface area contributed by atoms with E-state index in [1.54, 1.807) is 29.2 Å². The zero-order chi connectivity index (χ0) is 20.5. The molecule has 2 aromatic rings. The van der Waals surface area contributed by atoms with Crippen molar-refractivity contribution in [3.63, 3.8) is 0 Å². The smallest absolute Gasteiger partial charge is 0.335 e. The summed E-state index contributed by atoms with van der Waals surface area (Å²) in [5.74, 6) is -2.28. The average Bonchev–Trinajstić information content (AvgIpc) is 2.67. The maximum absolute atomic E-state index is 13.4. The number of hydrogen-bond acceptors (Lipinski definition) is 2.